The lowest BCUT2D eigenvalue weighted by Crippen LogP contribution is -2.43. The van der Waals surface area contributed by atoms with Gasteiger partial charge in [0.1, 0.15) is 11.8 Å². The fourth-order valence-electron chi connectivity index (χ4n) is 2.61. The minimum Gasteiger partial charge on any atom is -0.496 e. The second-order valence-corrected chi connectivity index (χ2v) is 5.83. The molecule has 0 heterocycles. The van der Waals surface area contributed by atoms with Gasteiger partial charge in [-0.2, -0.15) is 0 Å². The van der Waals surface area contributed by atoms with E-state index in [1.54, 1.807) is 24.3 Å². The highest BCUT2D eigenvalue weighted by molar-refractivity contribution is 5.98. The zero-order valence-corrected chi connectivity index (χ0v) is 15.4. The lowest BCUT2D eigenvalue weighted by atomic mass is 10.0. The third-order valence-corrected chi connectivity index (χ3v) is 3.85. The molecule has 0 fully saturated rings. The lowest BCUT2D eigenvalue weighted by molar-refractivity contribution is -0.142. The Balaban J connectivity index is 2.19. The molecule has 0 saturated carbocycles. The zero-order valence-electron chi connectivity index (χ0n) is 15.4. The van der Waals surface area contributed by atoms with Gasteiger partial charge in [-0.05, 0) is 29.8 Å². The Morgan fingerprint density at radius 1 is 1.04 bits per heavy atom. The summed E-state index contributed by atoms with van der Waals surface area (Å²) in [6.45, 7) is 1.38. The number of carbonyl (C=O) groups is 3. The minimum absolute atomic E-state index is 0.216. The van der Waals surface area contributed by atoms with Gasteiger partial charge in [0.05, 0.1) is 14.2 Å². The van der Waals surface area contributed by atoms with E-state index in [9.17, 15) is 14.4 Å². The maximum absolute atomic E-state index is 12.6. The molecule has 2 amide bonds. The van der Waals surface area contributed by atoms with Gasteiger partial charge >= 0.3 is 5.97 Å². The third kappa shape index (κ3) is 5.57. The van der Waals surface area contributed by atoms with Gasteiger partial charge in [0.2, 0.25) is 5.91 Å². The Kier molecular flexibility index (Phi) is 6.93. The summed E-state index contributed by atoms with van der Waals surface area (Å²) in [5.41, 5.74) is 1.58. The molecule has 0 aliphatic carbocycles. The van der Waals surface area contributed by atoms with E-state index in [4.69, 9.17) is 9.47 Å². The predicted octanol–water partition coefficient (Wildman–Crippen LogP) is 2.17. The van der Waals surface area contributed by atoms with Gasteiger partial charge in [0.25, 0.3) is 5.91 Å². The molecule has 2 rings (SSSR count). The van der Waals surface area contributed by atoms with Crippen LogP contribution in [0.2, 0.25) is 0 Å². The summed E-state index contributed by atoms with van der Waals surface area (Å²) < 4.78 is 10.1. The van der Waals surface area contributed by atoms with Crippen molar-refractivity contribution in [2.24, 2.45) is 0 Å². The van der Waals surface area contributed by atoms with Crippen LogP contribution >= 0.6 is 0 Å². The van der Waals surface area contributed by atoms with E-state index in [-0.39, 0.29) is 12.3 Å². The molecular weight excluding hydrogens is 348 g/mol. The molecule has 2 N–H and O–H groups in total. The molecule has 0 aliphatic rings. The van der Waals surface area contributed by atoms with E-state index in [0.29, 0.717) is 17.0 Å². The predicted molar refractivity (Wildman–Crippen MR) is 101 cm³/mol. The van der Waals surface area contributed by atoms with Crippen molar-refractivity contribution in [3.63, 3.8) is 0 Å². The van der Waals surface area contributed by atoms with Crippen LogP contribution < -0.4 is 15.4 Å². The highest BCUT2D eigenvalue weighted by Gasteiger charge is 2.24. The van der Waals surface area contributed by atoms with Crippen LogP contribution in [0.5, 0.6) is 5.75 Å². The molecule has 2 aromatic carbocycles. The van der Waals surface area contributed by atoms with Crippen LogP contribution in [-0.2, 0) is 20.7 Å². The Morgan fingerprint density at radius 2 is 1.78 bits per heavy atom. The van der Waals surface area contributed by atoms with Crippen LogP contribution in [0.1, 0.15) is 22.8 Å². The van der Waals surface area contributed by atoms with Crippen molar-refractivity contribution in [2.45, 2.75) is 19.4 Å². The smallest absolute Gasteiger partial charge is 0.328 e. The van der Waals surface area contributed by atoms with Crippen molar-refractivity contribution in [3.8, 4) is 5.75 Å². The number of rotatable bonds is 7. The fourth-order valence-corrected chi connectivity index (χ4v) is 2.61. The Morgan fingerprint density at radius 3 is 2.44 bits per heavy atom. The maximum Gasteiger partial charge on any atom is 0.328 e. The van der Waals surface area contributed by atoms with Gasteiger partial charge in [-0.1, -0.05) is 24.3 Å². The van der Waals surface area contributed by atoms with E-state index >= 15 is 0 Å². The largest absolute Gasteiger partial charge is 0.496 e. The second-order valence-electron chi connectivity index (χ2n) is 5.83. The molecule has 0 bridgehead atoms. The number of ether oxygens (including phenoxy) is 2. The summed E-state index contributed by atoms with van der Waals surface area (Å²) in [5.74, 6) is -0.635. The number of para-hydroxylation sites is 1. The topological polar surface area (TPSA) is 93.7 Å². The Hall–Kier alpha value is -3.35. The number of amides is 2. The highest BCUT2D eigenvalue weighted by Crippen LogP contribution is 2.19. The first-order chi connectivity index (χ1) is 12.9. The van der Waals surface area contributed by atoms with Crippen molar-refractivity contribution in [3.05, 3.63) is 59.7 Å². The van der Waals surface area contributed by atoms with E-state index < -0.39 is 17.9 Å². The molecule has 7 heteroatoms. The molecule has 0 aliphatic heterocycles. The van der Waals surface area contributed by atoms with Crippen LogP contribution in [-0.4, -0.2) is 38.0 Å². The average molecular weight is 370 g/mol. The number of hydrogen-bond donors (Lipinski definition) is 2. The van der Waals surface area contributed by atoms with Gasteiger partial charge in [-0.25, -0.2) is 4.79 Å². The summed E-state index contributed by atoms with van der Waals surface area (Å²) in [6.07, 6.45) is 0.216. The monoisotopic (exact) mass is 370 g/mol. The number of hydrogen-bond acceptors (Lipinski definition) is 5. The van der Waals surface area contributed by atoms with Crippen LogP contribution in [0.25, 0.3) is 0 Å². The normalized spacial score (nSPS) is 11.2. The molecule has 0 radical (unpaired) electrons. The van der Waals surface area contributed by atoms with Crippen molar-refractivity contribution < 1.29 is 23.9 Å². The molecule has 0 saturated heterocycles. The number of nitrogens with one attached hydrogen (secondary N) is 2. The summed E-state index contributed by atoms with van der Waals surface area (Å²) >= 11 is 0. The van der Waals surface area contributed by atoms with Gasteiger partial charge < -0.3 is 20.1 Å². The summed E-state index contributed by atoms with van der Waals surface area (Å²) in [4.78, 5) is 35.9. The SMILES string of the molecule is COC(=O)[C@H](Cc1ccccc1OC)NC(=O)c1cccc(NC(C)=O)c1. The molecule has 27 heavy (non-hydrogen) atoms. The standard InChI is InChI=1S/C20H22N2O5/c1-13(23)21-16-9-6-8-15(11-16)19(24)22-17(20(25)27-3)12-14-7-4-5-10-18(14)26-2/h4-11,17H,12H2,1-3H3,(H,21,23)(H,22,24)/t17-/m0/s1. The molecule has 142 valence electrons. The van der Waals surface area contributed by atoms with E-state index in [1.807, 2.05) is 18.2 Å². The first-order valence-corrected chi connectivity index (χ1v) is 8.32. The lowest BCUT2D eigenvalue weighted by Gasteiger charge is -2.18. The molecule has 7 nitrogen and oxygen atoms in total. The van der Waals surface area contributed by atoms with Crippen molar-refractivity contribution in [1.29, 1.82) is 0 Å². The van der Waals surface area contributed by atoms with Crippen molar-refractivity contribution in [2.75, 3.05) is 19.5 Å². The molecule has 1 atom stereocenters. The van der Waals surface area contributed by atoms with Gasteiger partial charge in [0, 0.05) is 24.6 Å². The van der Waals surface area contributed by atoms with E-state index in [1.165, 1.54) is 27.2 Å². The summed E-state index contributed by atoms with van der Waals surface area (Å²) in [7, 11) is 2.80. The van der Waals surface area contributed by atoms with Crippen LogP contribution in [0.15, 0.2) is 48.5 Å². The van der Waals surface area contributed by atoms with Crippen molar-refractivity contribution >= 4 is 23.5 Å². The first kappa shape index (κ1) is 20.0. The summed E-state index contributed by atoms with van der Waals surface area (Å²) in [6, 6.07) is 12.8. The Bertz CT molecular complexity index is 835. The average Bonchev–Trinajstić information content (AvgIpc) is 2.66. The van der Waals surface area contributed by atoms with Crippen LogP contribution in [0.3, 0.4) is 0 Å². The molecule has 0 aromatic heterocycles. The first-order valence-electron chi connectivity index (χ1n) is 8.32. The highest BCUT2D eigenvalue weighted by atomic mass is 16.5. The van der Waals surface area contributed by atoms with Crippen LogP contribution in [0, 0.1) is 0 Å². The molecule has 0 spiro atoms. The number of carbonyl (C=O) groups excluding carboxylic acids is 3. The number of esters is 1. The van der Waals surface area contributed by atoms with Crippen molar-refractivity contribution in [1.82, 2.24) is 5.32 Å². The van der Waals surface area contributed by atoms with E-state index in [0.717, 1.165) is 5.56 Å². The van der Waals surface area contributed by atoms with Gasteiger partial charge in [0.15, 0.2) is 0 Å². The summed E-state index contributed by atoms with van der Waals surface area (Å²) in [5, 5.41) is 5.30. The molecular formula is C20H22N2O5. The van der Waals surface area contributed by atoms with E-state index in [2.05, 4.69) is 10.6 Å². The zero-order chi connectivity index (χ0) is 19.8. The van der Waals surface area contributed by atoms with Gasteiger partial charge in [-0.3, -0.25) is 9.59 Å². The van der Waals surface area contributed by atoms with Crippen LogP contribution in [0.4, 0.5) is 5.69 Å². The molecule has 0 unspecified atom stereocenters. The minimum atomic E-state index is -0.886. The van der Waals surface area contributed by atoms with Gasteiger partial charge in [-0.15, -0.1) is 0 Å². The second kappa shape index (κ2) is 9.38. The fraction of sp³-hybridized carbons (Fsp3) is 0.250. The quantitative estimate of drug-likeness (QED) is 0.729. The Labute approximate surface area is 157 Å². The number of methoxy groups -OCH3 is 2. The maximum atomic E-state index is 12.6. The molecule has 2 aromatic rings. The number of anilines is 1. The third-order valence-electron chi connectivity index (χ3n) is 3.85. The number of benzene rings is 2.